The van der Waals surface area contributed by atoms with Crippen LogP contribution in [0.5, 0.6) is 0 Å². The first-order chi connectivity index (χ1) is 11.3. The highest BCUT2D eigenvalue weighted by atomic mass is 32.1. The second-order valence-corrected chi connectivity index (χ2v) is 8.40. The molecule has 1 aliphatic carbocycles. The Hall–Kier alpha value is -1.69. The van der Waals surface area contributed by atoms with Crippen LogP contribution in [0.2, 0.25) is 0 Å². The van der Waals surface area contributed by atoms with Gasteiger partial charge in [0.25, 0.3) is 0 Å². The minimum Gasteiger partial charge on any atom is -0.480 e. The Labute approximate surface area is 146 Å². The molecule has 2 heterocycles. The third-order valence-electron chi connectivity index (χ3n) is 4.58. The highest BCUT2D eigenvalue weighted by Crippen LogP contribution is 2.40. The van der Waals surface area contributed by atoms with Crippen molar-refractivity contribution in [1.82, 2.24) is 9.97 Å². The molecule has 2 atom stereocenters. The number of aliphatic carboxylic acids is 1. The van der Waals surface area contributed by atoms with Crippen molar-refractivity contribution in [2.24, 2.45) is 11.8 Å². The lowest BCUT2D eigenvalue weighted by molar-refractivity contribution is -0.138. The van der Waals surface area contributed by atoms with Gasteiger partial charge in [0.05, 0.1) is 5.39 Å². The zero-order valence-electron chi connectivity index (χ0n) is 14.7. The first-order valence-electron chi connectivity index (χ1n) is 8.63. The van der Waals surface area contributed by atoms with Gasteiger partial charge in [0, 0.05) is 4.88 Å². The molecule has 0 aromatic carbocycles. The van der Waals surface area contributed by atoms with Gasteiger partial charge in [0.15, 0.2) is 0 Å². The Balaban J connectivity index is 2.05. The number of hydrogen-bond donors (Lipinski definition) is 2. The summed E-state index contributed by atoms with van der Waals surface area (Å²) >= 11 is 1.74. The fraction of sp³-hybridized carbons (Fsp3) is 0.611. The molecule has 0 saturated heterocycles. The molecule has 2 unspecified atom stereocenters. The molecule has 0 amide bonds. The SMILES string of the molecule is Cc1nc(NC(CC(C)C)C(=O)O)c2c3c(sc2n1)CC(C)CC3. The van der Waals surface area contributed by atoms with E-state index in [0.717, 1.165) is 23.1 Å². The van der Waals surface area contributed by atoms with E-state index in [0.29, 0.717) is 29.9 Å². The van der Waals surface area contributed by atoms with Crippen LogP contribution in [0.25, 0.3) is 10.2 Å². The monoisotopic (exact) mass is 347 g/mol. The zero-order valence-corrected chi connectivity index (χ0v) is 15.5. The van der Waals surface area contributed by atoms with E-state index >= 15 is 0 Å². The van der Waals surface area contributed by atoms with Crippen molar-refractivity contribution < 1.29 is 9.90 Å². The minimum atomic E-state index is -0.828. The van der Waals surface area contributed by atoms with Crippen molar-refractivity contribution in [3.8, 4) is 0 Å². The van der Waals surface area contributed by atoms with Crippen LogP contribution in [-0.4, -0.2) is 27.1 Å². The Bertz CT molecular complexity index is 769. The number of hydrogen-bond acceptors (Lipinski definition) is 5. The quantitative estimate of drug-likeness (QED) is 0.854. The average Bonchev–Trinajstić information content (AvgIpc) is 2.82. The van der Waals surface area contributed by atoms with Crippen LogP contribution in [0.4, 0.5) is 5.82 Å². The van der Waals surface area contributed by atoms with E-state index in [1.807, 2.05) is 20.8 Å². The van der Waals surface area contributed by atoms with Crippen molar-refractivity contribution in [3.05, 3.63) is 16.3 Å². The topological polar surface area (TPSA) is 75.1 Å². The number of aryl methyl sites for hydroxylation is 2. The molecule has 6 heteroatoms. The van der Waals surface area contributed by atoms with Crippen molar-refractivity contribution in [1.29, 1.82) is 0 Å². The maximum Gasteiger partial charge on any atom is 0.326 e. The van der Waals surface area contributed by atoms with Crippen LogP contribution < -0.4 is 5.32 Å². The van der Waals surface area contributed by atoms with Gasteiger partial charge < -0.3 is 10.4 Å². The first kappa shape index (κ1) is 17.1. The maximum atomic E-state index is 11.6. The number of nitrogens with one attached hydrogen (secondary N) is 1. The van der Waals surface area contributed by atoms with Crippen LogP contribution in [0.1, 0.15) is 49.9 Å². The molecule has 2 aromatic heterocycles. The number of anilines is 1. The van der Waals surface area contributed by atoms with E-state index in [1.54, 1.807) is 11.3 Å². The normalized spacial score (nSPS) is 18.6. The molecule has 3 rings (SSSR count). The summed E-state index contributed by atoms with van der Waals surface area (Å²) in [6, 6.07) is -0.624. The number of carboxylic acids is 1. The molecule has 0 radical (unpaired) electrons. The lowest BCUT2D eigenvalue weighted by Gasteiger charge is -2.20. The number of aromatic nitrogens is 2. The minimum absolute atomic E-state index is 0.300. The zero-order chi connectivity index (χ0) is 17.4. The fourth-order valence-electron chi connectivity index (χ4n) is 3.41. The molecule has 0 aliphatic heterocycles. The molecule has 0 fully saturated rings. The van der Waals surface area contributed by atoms with E-state index < -0.39 is 12.0 Å². The predicted molar refractivity (Wildman–Crippen MR) is 97.8 cm³/mol. The summed E-state index contributed by atoms with van der Waals surface area (Å²) in [4.78, 5) is 23.2. The summed E-state index contributed by atoms with van der Waals surface area (Å²) in [5, 5.41) is 13.8. The third-order valence-corrected chi connectivity index (χ3v) is 5.73. The van der Waals surface area contributed by atoms with Crippen molar-refractivity contribution >= 4 is 33.3 Å². The third kappa shape index (κ3) is 3.38. The van der Waals surface area contributed by atoms with Gasteiger partial charge in [0.1, 0.15) is 22.5 Å². The Morgan fingerprint density at radius 2 is 2.17 bits per heavy atom. The molecule has 1 aliphatic rings. The smallest absolute Gasteiger partial charge is 0.326 e. The number of carboxylic acid groups (broad SMARTS) is 1. The van der Waals surface area contributed by atoms with E-state index in [2.05, 4.69) is 22.2 Å². The molecule has 2 aromatic rings. The van der Waals surface area contributed by atoms with Crippen LogP contribution in [0.15, 0.2) is 0 Å². The van der Waals surface area contributed by atoms with Gasteiger partial charge in [-0.15, -0.1) is 11.3 Å². The lowest BCUT2D eigenvalue weighted by Crippen LogP contribution is -2.31. The molecule has 2 N–H and O–H groups in total. The van der Waals surface area contributed by atoms with E-state index in [4.69, 9.17) is 0 Å². The van der Waals surface area contributed by atoms with Gasteiger partial charge in [-0.3, -0.25) is 0 Å². The lowest BCUT2D eigenvalue weighted by atomic mass is 9.89. The van der Waals surface area contributed by atoms with Crippen LogP contribution in [0.3, 0.4) is 0 Å². The largest absolute Gasteiger partial charge is 0.480 e. The fourth-order valence-corrected chi connectivity index (χ4v) is 4.84. The summed E-state index contributed by atoms with van der Waals surface area (Å²) in [7, 11) is 0. The summed E-state index contributed by atoms with van der Waals surface area (Å²) < 4.78 is 0. The second kappa shape index (κ2) is 6.67. The summed E-state index contributed by atoms with van der Waals surface area (Å²) in [6.45, 7) is 8.22. The van der Waals surface area contributed by atoms with Gasteiger partial charge in [-0.2, -0.15) is 0 Å². The molecule has 0 spiro atoms. The molecular formula is C18H25N3O2S. The highest BCUT2D eigenvalue weighted by Gasteiger charge is 2.26. The molecule has 5 nitrogen and oxygen atoms in total. The van der Waals surface area contributed by atoms with Crippen LogP contribution in [-0.2, 0) is 17.6 Å². The van der Waals surface area contributed by atoms with Gasteiger partial charge in [-0.05, 0) is 50.0 Å². The first-order valence-corrected chi connectivity index (χ1v) is 9.45. The number of carbonyl (C=O) groups is 1. The molecular weight excluding hydrogens is 322 g/mol. The highest BCUT2D eigenvalue weighted by molar-refractivity contribution is 7.19. The summed E-state index contributed by atoms with van der Waals surface area (Å²) in [6.07, 6.45) is 3.85. The number of nitrogens with zero attached hydrogens (tertiary/aromatic N) is 2. The summed E-state index contributed by atoms with van der Waals surface area (Å²) in [5.74, 6) is 1.55. The average molecular weight is 347 g/mol. The van der Waals surface area contributed by atoms with Gasteiger partial charge in [-0.25, -0.2) is 14.8 Å². The molecule has 130 valence electrons. The Morgan fingerprint density at radius 3 is 2.83 bits per heavy atom. The maximum absolute atomic E-state index is 11.6. The second-order valence-electron chi connectivity index (χ2n) is 7.32. The number of thiophene rings is 1. The molecule has 0 bridgehead atoms. The van der Waals surface area contributed by atoms with Gasteiger partial charge in [-0.1, -0.05) is 20.8 Å². The molecule has 0 saturated carbocycles. The summed E-state index contributed by atoms with van der Waals surface area (Å²) in [5.41, 5.74) is 1.32. The Morgan fingerprint density at radius 1 is 1.42 bits per heavy atom. The number of fused-ring (bicyclic) bond motifs is 3. The van der Waals surface area contributed by atoms with Crippen LogP contribution in [0, 0.1) is 18.8 Å². The van der Waals surface area contributed by atoms with E-state index in [1.165, 1.54) is 16.9 Å². The van der Waals surface area contributed by atoms with Crippen molar-refractivity contribution in [2.75, 3.05) is 5.32 Å². The van der Waals surface area contributed by atoms with E-state index in [-0.39, 0.29) is 0 Å². The van der Waals surface area contributed by atoms with Crippen molar-refractivity contribution in [2.45, 2.75) is 59.4 Å². The Kier molecular flexibility index (Phi) is 4.76. The van der Waals surface area contributed by atoms with Gasteiger partial charge >= 0.3 is 5.97 Å². The predicted octanol–water partition coefficient (Wildman–Crippen LogP) is 4.04. The molecule has 24 heavy (non-hydrogen) atoms. The van der Waals surface area contributed by atoms with Crippen LogP contribution >= 0.6 is 11.3 Å². The van der Waals surface area contributed by atoms with Gasteiger partial charge in [0.2, 0.25) is 0 Å². The van der Waals surface area contributed by atoms with Crippen molar-refractivity contribution in [3.63, 3.8) is 0 Å². The number of rotatable bonds is 5. The van der Waals surface area contributed by atoms with E-state index in [9.17, 15) is 9.90 Å². The standard InChI is InChI=1S/C18H25N3O2S/c1-9(2)7-13(18(22)23)21-16-15-12-6-5-10(3)8-14(12)24-17(15)20-11(4)19-16/h9-10,13H,5-8H2,1-4H3,(H,22,23)(H,19,20,21).